The number of nitrogens with zero attached hydrogens (tertiary/aromatic N) is 3. The summed E-state index contributed by atoms with van der Waals surface area (Å²) < 4.78 is 2.18. The van der Waals surface area contributed by atoms with Gasteiger partial charge in [-0.25, -0.2) is 0 Å². The fourth-order valence-corrected chi connectivity index (χ4v) is 4.22. The fourth-order valence-electron chi connectivity index (χ4n) is 3.19. The average Bonchev–Trinajstić information content (AvgIpc) is 3.24. The average molecular weight is 340 g/mol. The number of hydrogen-bond acceptors (Lipinski definition) is 4. The van der Waals surface area contributed by atoms with Gasteiger partial charge < -0.3 is 9.55 Å². The van der Waals surface area contributed by atoms with Crippen molar-refractivity contribution in [3.05, 3.63) is 41.3 Å². The molecule has 0 spiro atoms. The van der Waals surface area contributed by atoms with Crippen LogP contribution < -0.4 is 0 Å². The Balaban J connectivity index is 1.63. The molecule has 1 aliphatic rings. The molecule has 3 aromatic rings. The maximum atomic E-state index is 13.1. The highest BCUT2D eigenvalue weighted by molar-refractivity contribution is 8.00. The van der Waals surface area contributed by atoms with E-state index in [0.717, 1.165) is 33.1 Å². The number of para-hydroxylation sites is 1. The smallest absolute Gasteiger partial charge is 0.192 e. The summed E-state index contributed by atoms with van der Waals surface area (Å²) >= 11 is 1.51. The van der Waals surface area contributed by atoms with Crippen LogP contribution in [0.3, 0.4) is 0 Å². The summed E-state index contributed by atoms with van der Waals surface area (Å²) in [5.74, 6) is 1.07. The Labute approximate surface area is 144 Å². The summed E-state index contributed by atoms with van der Waals surface area (Å²) in [5.41, 5.74) is 2.72. The lowest BCUT2D eigenvalue weighted by Gasteiger charge is -2.12. The van der Waals surface area contributed by atoms with Gasteiger partial charge in [0.05, 0.1) is 5.25 Å². The summed E-state index contributed by atoms with van der Waals surface area (Å²) in [4.78, 5) is 16.4. The minimum atomic E-state index is -0.205. The van der Waals surface area contributed by atoms with Crippen LogP contribution in [-0.2, 0) is 0 Å². The molecule has 1 fully saturated rings. The van der Waals surface area contributed by atoms with E-state index in [4.69, 9.17) is 0 Å². The van der Waals surface area contributed by atoms with Gasteiger partial charge in [0.1, 0.15) is 5.82 Å². The predicted octanol–water partition coefficient (Wildman–Crippen LogP) is 4.07. The van der Waals surface area contributed by atoms with Gasteiger partial charge in [0.2, 0.25) is 0 Å². The molecular weight excluding hydrogens is 320 g/mol. The molecule has 1 atom stereocenters. The van der Waals surface area contributed by atoms with Gasteiger partial charge in [-0.3, -0.25) is 4.79 Å². The third-order valence-electron chi connectivity index (χ3n) is 4.54. The highest BCUT2D eigenvalue weighted by atomic mass is 32.2. The number of thioether (sulfide) groups is 1. The molecule has 1 unspecified atom stereocenters. The second-order valence-electron chi connectivity index (χ2n) is 6.43. The molecule has 4 rings (SSSR count). The maximum Gasteiger partial charge on any atom is 0.192 e. The number of rotatable bonds is 5. The first kappa shape index (κ1) is 15.4. The van der Waals surface area contributed by atoms with Crippen LogP contribution in [0.2, 0.25) is 0 Å². The minimum Gasteiger partial charge on any atom is -0.358 e. The van der Waals surface area contributed by atoms with Crippen molar-refractivity contribution < 1.29 is 4.79 Å². The number of ketones is 1. The Morgan fingerprint density at radius 2 is 2.04 bits per heavy atom. The molecule has 5 nitrogen and oxygen atoms in total. The second kappa shape index (κ2) is 5.77. The maximum absolute atomic E-state index is 13.1. The van der Waals surface area contributed by atoms with E-state index >= 15 is 0 Å². The lowest BCUT2D eigenvalue weighted by Crippen LogP contribution is -2.15. The molecule has 24 heavy (non-hydrogen) atoms. The van der Waals surface area contributed by atoms with Gasteiger partial charge in [0.25, 0.3) is 0 Å². The lowest BCUT2D eigenvalue weighted by molar-refractivity contribution is 0.0995. The molecule has 2 aromatic heterocycles. The van der Waals surface area contributed by atoms with E-state index < -0.39 is 0 Å². The van der Waals surface area contributed by atoms with Gasteiger partial charge in [0, 0.05) is 28.2 Å². The van der Waals surface area contributed by atoms with Gasteiger partial charge in [-0.2, -0.15) is 0 Å². The van der Waals surface area contributed by atoms with Crippen LogP contribution in [0.15, 0.2) is 29.4 Å². The van der Waals surface area contributed by atoms with Crippen molar-refractivity contribution >= 4 is 28.4 Å². The normalized spacial score (nSPS) is 15.8. The number of carbonyl (C=O) groups is 1. The van der Waals surface area contributed by atoms with Crippen LogP contribution in [-0.4, -0.2) is 30.8 Å². The monoisotopic (exact) mass is 340 g/mol. The number of carbonyl (C=O) groups excluding carboxylic acids is 1. The number of Topliss-reactive ketones (excluding diaryl/α,β-unsaturated/α-hetero) is 1. The molecule has 6 heteroatoms. The first-order chi connectivity index (χ1) is 11.6. The molecule has 1 saturated carbocycles. The summed E-state index contributed by atoms with van der Waals surface area (Å²) in [5, 5.41) is 10.1. The molecule has 2 heterocycles. The van der Waals surface area contributed by atoms with E-state index in [9.17, 15) is 4.79 Å². The number of fused-ring (bicyclic) bond motifs is 1. The zero-order valence-electron chi connectivity index (χ0n) is 14.0. The number of aromatic nitrogens is 4. The third-order valence-corrected chi connectivity index (χ3v) is 5.60. The van der Waals surface area contributed by atoms with Crippen molar-refractivity contribution in [2.24, 2.45) is 0 Å². The fraction of sp³-hybridized carbons (Fsp3) is 0.389. The van der Waals surface area contributed by atoms with Crippen molar-refractivity contribution in [2.75, 3.05) is 0 Å². The summed E-state index contributed by atoms with van der Waals surface area (Å²) in [7, 11) is 0. The summed E-state index contributed by atoms with van der Waals surface area (Å²) in [6.45, 7) is 5.89. The van der Waals surface area contributed by atoms with E-state index in [0.29, 0.717) is 6.04 Å². The van der Waals surface area contributed by atoms with Crippen LogP contribution in [0.5, 0.6) is 0 Å². The Hall–Kier alpha value is -2.08. The largest absolute Gasteiger partial charge is 0.358 e. The van der Waals surface area contributed by atoms with Gasteiger partial charge in [-0.15, -0.1) is 10.2 Å². The number of aryl methyl sites for hydroxylation is 2. The van der Waals surface area contributed by atoms with Crippen LogP contribution in [0.4, 0.5) is 0 Å². The number of hydrogen-bond donors (Lipinski definition) is 1. The van der Waals surface area contributed by atoms with Gasteiger partial charge >= 0.3 is 0 Å². The van der Waals surface area contributed by atoms with Crippen LogP contribution in [0, 0.1) is 13.8 Å². The van der Waals surface area contributed by atoms with E-state index in [1.54, 1.807) is 0 Å². The van der Waals surface area contributed by atoms with Crippen molar-refractivity contribution in [3.63, 3.8) is 0 Å². The zero-order valence-corrected chi connectivity index (χ0v) is 14.9. The Morgan fingerprint density at radius 1 is 1.29 bits per heavy atom. The zero-order chi connectivity index (χ0) is 16.8. The molecule has 0 amide bonds. The summed E-state index contributed by atoms with van der Waals surface area (Å²) in [6.07, 6.45) is 2.35. The third kappa shape index (κ3) is 2.55. The lowest BCUT2D eigenvalue weighted by atomic mass is 10.1. The van der Waals surface area contributed by atoms with Crippen molar-refractivity contribution in [1.82, 2.24) is 19.7 Å². The molecule has 1 aliphatic carbocycles. The van der Waals surface area contributed by atoms with Crippen molar-refractivity contribution in [3.8, 4) is 0 Å². The highest BCUT2D eigenvalue weighted by Gasteiger charge is 2.30. The minimum absolute atomic E-state index is 0.137. The molecular formula is C18H20N4OS. The topological polar surface area (TPSA) is 63.6 Å². The van der Waals surface area contributed by atoms with E-state index in [2.05, 4.69) is 19.7 Å². The number of aromatic amines is 1. The molecule has 0 saturated heterocycles. The second-order valence-corrected chi connectivity index (χ2v) is 7.73. The molecule has 0 aliphatic heterocycles. The molecule has 0 radical (unpaired) electrons. The Bertz CT molecular complexity index is 922. The molecule has 1 N–H and O–H groups in total. The number of H-pyrrole nitrogens is 1. The van der Waals surface area contributed by atoms with Gasteiger partial charge in [0.15, 0.2) is 10.9 Å². The first-order valence-corrected chi connectivity index (χ1v) is 9.14. The van der Waals surface area contributed by atoms with Crippen LogP contribution in [0.25, 0.3) is 10.9 Å². The van der Waals surface area contributed by atoms with Crippen molar-refractivity contribution in [2.45, 2.75) is 50.1 Å². The first-order valence-electron chi connectivity index (χ1n) is 8.26. The molecule has 1 aromatic carbocycles. The van der Waals surface area contributed by atoms with Gasteiger partial charge in [-0.1, -0.05) is 30.0 Å². The van der Waals surface area contributed by atoms with Crippen molar-refractivity contribution in [1.29, 1.82) is 0 Å². The van der Waals surface area contributed by atoms with E-state index in [1.165, 1.54) is 24.6 Å². The molecule has 0 bridgehead atoms. The Morgan fingerprint density at radius 3 is 2.79 bits per heavy atom. The van der Waals surface area contributed by atoms with Crippen LogP contribution in [0.1, 0.15) is 47.7 Å². The van der Waals surface area contributed by atoms with Gasteiger partial charge in [-0.05, 0) is 39.7 Å². The quantitative estimate of drug-likeness (QED) is 0.561. The predicted molar refractivity (Wildman–Crippen MR) is 95.7 cm³/mol. The highest BCUT2D eigenvalue weighted by Crippen LogP contribution is 2.39. The van der Waals surface area contributed by atoms with E-state index in [-0.39, 0.29) is 11.0 Å². The van der Waals surface area contributed by atoms with Crippen LogP contribution >= 0.6 is 11.8 Å². The SMILES string of the molecule is Cc1[nH]c2ccccc2c1C(=O)C(C)Sc1nnc(C)n1C1CC1. The summed E-state index contributed by atoms with van der Waals surface area (Å²) in [6, 6.07) is 8.47. The Kier molecular flexibility index (Phi) is 3.72. The van der Waals surface area contributed by atoms with E-state index in [1.807, 2.05) is 45.0 Å². The standard InChI is InChI=1S/C18H20N4OS/c1-10-16(14-6-4-5-7-15(14)19-10)17(23)11(2)24-18-21-20-12(3)22(18)13-8-9-13/h4-7,11,13,19H,8-9H2,1-3H3. The number of nitrogens with one attached hydrogen (secondary N) is 1. The molecule has 124 valence electrons. The number of benzene rings is 1.